The lowest BCUT2D eigenvalue weighted by atomic mass is 9.98. The van der Waals surface area contributed by atoms with Crippen LogP contribution in [0.25, 0.3) is 0 Å². The Morgan fingerprint density at radius 1 is 1.33 bits per heavy atom. The topological polar surface area (TPSA) is 20.3 Å². The highest BCUT2D eigenvalue weighted by atomic mass is 16.2. The van der Waals surface area contributed by atoms with E-state index in [4.69, 9.17) is 0 Å². The molecule has 2 heteroatoms. The maximum atomic E-state index is 12.4. The minimum absolute atomic E-state index is 0.373. The van der Waals surface area contributed by atoms with Gasteiger partial charge in [-0.2, -0.15) is 0 Å². The Hall–Kier alpha value is -0.790. The highest BCUT2D eigenvalue weighted by molar-refractivity contribution is 5.81. The Labute approximate surface area is 131 Å². The lowest BCUT2D eigenvalue weighted by Crippen LogP contribution is -2.35. The molecule has 2 saturated carbocycles. The Kier molecular flexibility index (Phi) is 5.51. The summed E-state index contributed by atoms with van der Waals surface area (Å²) in [5.74, 6) is 1.56. The van der Waals surface area contributed by atoms with E-state index in [2.05, 4.69) is 38.7 Å². The van der Waals surface area contributed by atoms with Gasteiger partial charge >= 0.3 is 0 Å². The molecular formula is C19H33NO. The van der Waals surface area contributed by atoms with E-state index in [1.165, 1.54) is 31.3 Å². The van der Waals surface area contributed by atoms with E-state index in [9.17, 15) is 4.79 Å². The van der Waals surface area contributed by atoms with Gasteiger partial charge in [0, 0.05) is 19.0 Å². The van der Waals surface area contributed by atoms with Crippen molar-refractivity contribution >= 4 is 5.91 Å². The van der Waals surface area contributed by atoms with Crippen LogP contribution >= 0.6 is 0 Å². The molecule has 0 aliphatic heterocycles. The molecule has 0 N–H and O–H groups in total. The van der Waals surface area contributed by atoms with Crippen molar-refractivity contribution in [3.8, 4) is 0 Å². The van der Waals surface area contributed by atoms with Crippen molar-refractivity contribution in [3.05, 3.63) is 11.6 Å². The first-order valence-corrected chi connectivity index (χ1v) is 8.88. The summed E-state index contributed by atoms with van der Waals surface area (Å²) in [5.41, 5.74) is 1.91. The number of hydrogen-bond donors (Lipinski definition) is 0. The molecular weight excluding hydrogens is 258 g/mol. The maximum Gasteiger partial charge on any atom is 0.225 e. The van der Waals surface area contributed by atoms with Crippen molar-refractivity contribution in [1.29, 1.82) is 0 Å². The Bertz CT molecular complexity index is 392. The molecule has 2 unspecified atom stereocenters. The fourth-order valence-electron chi connectivity index (χ4n) is 3.28. The van der Waals surface area contributed by atoms with E-state index in [0.717, 1.165) is 38.3 Å². The summed E-state index contributed by atoms with van der Waals surface area (Å²) in [6.07, 6.45) is 10.7. The zero-order valence-electron chi connectivity index (χ0n) is 14.5. The molecule has 2 nitrogen and oxygen atoms in total. The SMILES string of the molecule is CCCCN(CC1CC1(C)CCC=C(C)C)C(=O)C1CC1. The smallest absolute Gasteiger partial charge is 0.225 e. The fourth-order valence-corrected chi connectivity index (χ4v) is 3.28. The predicted octanol–water partition coefficient (Wildman–Crippen LogP) is 4.80. The molecule has 2 aliphatic rings. The first-order valence-electron chi connectivity index (χ1n) is 8.88. The first-order chi connectivity index (χ1) is 9.96. The molecule has 0 radical (unpaired) electrons. The lowest BCUT2D eigenvalue weighted by Gasteiger charge is -2.24. The standard InChI is InChI=1S/C19H33NO/c1-5-6-12-20(18(21)16-9-10-16)14-17-13-19(17,4)11-7-8-15(2)3/h8,16-17H,5-7,9-14H2,1-4H3. The van der Waals surface area contributed by atoms with Gasteiger partial charge in [0.2, 0.25) is 5.91 Å². The van der Waals surface area contributed by atoms with E-state index >= 15 is 0 Å². The molecule has 2 atom stereocenters. The van der Waals surface area contributed by atoms with Gasteiger partial charge in [-0.25, -0.2) is 0 Å². The van der Waals surface area contributed by atoms with Crippen LogP contribution in [0.2, 0.25) is 0 Å². The van der Waals surface area contributed by atoms with Gasteiger partial charge in [-0.05, 0) is 63.7 Å². The number of unbranched alkanes of at least 4 members (excludes halogenated alkanes) is 1. The number of nitrogens with zero attached hydrogens (tertiary/aromatic N) is 1. The van der Waals surface area contributed by atoms with Crippen molar-refractivity contribution in [3.63, 3.8) is 0 Å². The molecule has 2 aliphatic carbocycles. The van der Waals surface area contributed by atoms with Crippen molar-refractivity contribution in [2.24, 2.45) is 17.3 Å². The molecule has 0 bridgehead atoms. The molecule has 0 aromatic carbocycles. The van der Waals surface area contributed by atoms with Crippen molar-refractivity contribution in [2.45, 2.75) is 72.6 Å². The molecule has 1 amide bonds. The minimum Gasteiger partial charge on any atom is -0.342 e. The molecule has 2 fully saturated rings. The van der Waals surface area contributed by atoms with E-state index in [-0.39, 0.29) is 0 Å². The van der Waals surface area contributed by atoms with Crippen LogP contribution in [0.15, 0.2) is 11.6 Å². The molecule has 0 aromatic heterocycles. The van der Waals surface area contributed by atoms with Gasteiger partial charge in [0.15, 0.2) is 0 Å². The molecule has 21 heavy (non-hydrogen) atoms. The molecule has 0 spiro atoms. The van der Waals surface area contributed by atoms with Gasteiger partial charge in [-0.1, -0.05) is 31.9 Å². The predicted molar refractivity (Wildman–Crippen MR) is 89.1 cm³/mol. The largest absolute Gasteiger partial charge is 0.342 e. The molecule has 120 valence electrons. The summed E-state index contributed by atoms with van der Waals surface area (Å²) in [5, 5.41) is 0. The second-order valence-electron chi connectivity index (χ2n) is 7.79. The molecule has 0 saturated heterocycles. The van der Waals surface area contributed by atoms with Crippen LogP contribution in [0.1, 0.15) is 72.6 Å². The van der Waals surface area contributed by atoms with Crippen LogP contribution in [0.5, 0.6) is 0 Å². The van der Waals surface area contributed by atoms with Crippen LogP contribution in [0, 0.1) is 17.3 Å². The van der Waals surface area contributed by atoms with E-state index in [1.54, 1.807) is 0 Å². The highest BCUT2D eigenvalue weighted by Crippen LogP contribution is 2.56. The van der Waals surface area contributed by atoms with Crippen molar-refractivity contribution in [1.82, 2.24) is 4.90 Å². The van der Waals surface area contributed by atoms with Crippen LogP contribution < -0.4 is 0 Å². The quantitative estimate of drug-likeness (QED) is 0.559. The Balaban J connectivity index is 1.80. The van der Waals surface area contributed by atoms with Gasteiger partial charge in [-0.3, -0.25) is 4.79 Å². The van der Waals surface area contributed by atoms with Gasteiger partial charge in [0.25, 0.3) is 0 Å². The maximum absolute atomic E-state index is 12.4. The summed E-state index contributed by atoms with van der Waals surface area (Å²) in [4.78, 5) is 14.6. The first kappa shape index (κ1) is 16.6. The van der Waals surface area contributed by atoms with Gasteiger partial charge in [0.1, 0.15) is 0 Å². The monoisotopic (exact) mass is 291 g/mol. The normalized spacial score (nSPS) is 27.3. The fraction of sp³-hybridized carbons (Fsp3) is 0.842. The number of allylic oxidation sites excluding steroid dienone is 2. The van der Waals surface area contributed by atoms with E-state index in [1.807, 2.05) is 0 Å². The van der Waals surface area contributed by atoms with Gasteiger partial charge in [0.05, 0.1) is 0 Å². The summed E-state index contributed by atoms with van der Waals surface area (Å²) < 4.78 is 0. The summed E-state index contributed by atoms with van der Waals surface area (Å²) in [6, 6.07) is 0. The number of rotatable bonds is 9. The lowest BCUT2D eigenvalue weighted by molar-refractivity contribution is -0.133. The van der Waals surface area contributed by atoms with Gasteiger partial charge in [-0.15, -0.1) is 0 Å². The number of carbonyl (C=O) groups is 1. The van der Waals surface area contributed by atoms with E-state index in [0.29, 0.717) is 17.2 Å². The van der Waals surface area contributed by atoms with Crippen LogP contribution in [0.4, 0.5) is 0 Å². The van der Waals surface area contributed by atoms with Crippen LogP contribution in [0.3, 0.4) is 0 Å². The number of hydrogen-bond acceptors (Lipinski definition) is 1. The molecule has 2 rings (SSSR count). The van der Waals surface area contributed by atoms with Crippen LogP contribution in [-0.2, 0) is 4.79 Å². The Morgan fingerprint density at radius 3 is 2.62 bits per heavy atom. The van der Waals surface area contributed by atoms with Gasteiger partial charge < -0.3 is 4.90 Å². The van der Waals surface area contributed by atoms with Crippen molar-refractivity contribution < 1.29 is 4.79 Å². The summed E-state index contributed by atoms with van der Waals surface area (Å²) in [7, 11) is 0. The van der Waals surface area contributed by atoms with E-state index < -0.39 is 0 Å². The molecule has 0 heterocycles. The second-order valence-corrected chi connectivity index (χ2v) is 7.79. The Morgan fingerprint density at radius 2 is 2.05 bits per heavy atom. The number of amides is 1. The average Bonchev–Trinajstić information content (AvgIpc) is 3.31. The zero-order valence-corrected chi connectivity index (χ0v) is 14.5. The number of carbonyl (C=O) groups excluding carboxylic acids is 1. The van der Waals surface area contributed by atoms with Crippen LogP contribution in [-0.4, -0.2) is 23.9 Å². The minimum atomic E-state index is 0.373. The highest BCUT2D eigenvalue weighted by Gasteiger charge is 2.50. The molecule has 0 aromatic rings. The van der Waals surface area contributed by atoms with Crippen molar-refractivity contribution in [2.75, 3.05) is 13.1 Å². The average molecular weight is 291 g/mol. The third-order valence-corrected chi connectivity index (χ3v) is 5.27. The second kappa shape index (κ2) is 6.98. The summed E-state index contributed by atoms with van der Waals surface area (Å²) >= 11 is 0. The summed E-state index contributed by atoms with van der Waals surface area (Å²) in [6.45, 7) is 11.0. The third-order valence-electron chi connectivity index (χ3n) is 5.27. The zero-order chi connectivity index (χ0) is 15.5. The third kappa shape index (κ3) is 4.86.